The van der Waals surface area contributed by atoms with Gasteiger partial charge >= 0.3 is 6.03 Å². The zero-order valence-electron chi connectivity index (χ0n) is 11.3. The maximum Gasteiger partial charge on any atom is 0.324 e. The summed E-state index contributed by atoms with van der Waals surface area (Å²) in [7, 11) is 0. The van der Waals surface area contributed by atoms with Crippen molar-refractivity contribution in [2.24, 2.45) is 0 Å². The number of hydrogen-bond acceptors (Lipinski definition) is 3. The Morgan fingerprint density at radius 2 is 2.10 bits per heavy atom. The molecule has 0 aromatic carbocycles. The molecule has 0 saturated heterocycles. The van der Waals surface area contributed by atoms with Crippen LogP contribution in [0.4, 0.5) is 16.3 Å². The fourth-order valence-corrected chi connectivity index (χ4v) is 2.77. The third kappa shape index (κ3) is 2.55. The summed E-state index contributed by atoms with van der Waals surface area (Å²) < 4.78 is 2.65. The molecular weight excluding hydrogens is 336 g/mol. The number of aromatic amines is 1. The molecule has 0 atom stereocenters. The molecule has 0 aliphatic heterocycles. The van der Waals surface area contributed by atoms with Crippen molar-refractivity contribution in [1.29, 1.82) is 0 Å². The predicted octanol–water partition coefficient (Wildman–Crippen LogP) is 3.23. The summed E-state index contributed by atoms with van der Waals surface area (Å²) >= 11 is 3.42. The lowest BCUT2D eigenvalue weighted by Gasteiger charge is -2.10. The maximum absolute atomic E-state index is 12.2. The predicted molar refractivity (Wildman–Crippen MR) is 81.4 cm³/mol. The minimum Gasteiger partial charge on any atom is -0.305 e. The zero-order chi connectivity index (χ0) is 14.4. The number of halogens is 1. The van der Waals surface area contributed by atoms with Gasteiger partial charge in [-0.3, -0.25) is 10.4 Å². The standard InChI is InChI=1S/C13H15BrN6O/c14-9-5-16-20(8-3-4-8)12(9)18-13(21)17-10-6-15-19-11(10)7-1-2-7/h5-8H,1-4H2,(H,15,19)(H2,17,18,21). The second-order valence-electron chi connectivity index (χ2n) is 5.57. The molecule has 0 radical (unpaired) electrons. The van der Waals surface area contributed by atoms with Crippen LogP contribution in [0.2, 0.25) is 0 Å². The Bertz CT molecular complexity index is 685. The lowest BCUT2D eigenvalue weighted by molar-refractivity contribution is 0.262. The third-order valence-electron chi connectivity index (χ3n) is 3.78. The molecule has 2 fully saturated rings. The van der Waals surface area contributed by atoms with Gasteiger partial charge in [0.25, 0.3) is 0 Å². The van der Waals surface area contributed by atoms with E-state index in [1.807, 2.05) is 4.68 Å². The summed E-state index contributed by atoms with van der Waals surface area (Å²) in [4.78, 5) is 12.2. The van der Waals surface area contributed by atoms with Crippen LogP contribution >= 0.6 is 15.9 Å². The number of nitrogens with one attached hydrogen (secondary N) is 3. The van der Waals surface area contributed by atoms with Gasteiger partial charge in [-0.25, -0.2) is 9.48 Å². The Morgan fingerprint density at radius 3 is 2.81 bits per heavy atom. The molecule has 110 valence electrons. The van der Waals surface area contributed by atoms with E-state index < -0.39 is 0 Å². The van der Waals surface area contributed by atoms with Gasteiger partial charge in [-0.2, -0.15) is 10.2 Å². The number of hydrogen-bond donors (Lipinski definition) is 3. The van der Waals surface area contributed by atoms with E-state index in [0.29, 0.717) is 17.8 Å². The molecule has 2 heterocycles. The number of amides is 2. The average molecular weight is 351 g/mol. The number of nitrogens with zero attached hydrogens (tertiary/aromatic N) is 3. The van der Waals surface area contributed by atoms with Crippen LogP contribution in [-0.4, -0.2) is 26.0 Å². The van der Waals surface area contributed by atoms with Crippen molar-refractivity contribution in [2.75, 3.05) is 10.6 Å². The van der Waals surface area contributed by atoms with Gasteiger partial charge in [0.1, 0.15) is 5.82 Å². The van der Waals surface area contributed by atoms with Crippen molar-refractivity contribution in [1.82, 2.24) is 20.0 Å². The highest BCUT2D eigenvalue weighted by atomic mass is 79.9. The molecule has 0 bridgehead atoms. The van der Waals surface area contributed by atoms with Crippen molar-refractivity contribution < 1.29 is 4.79 Å². The van der Waals surface area contributed by atoms with Crippen LogP contribution in [0.5, 0.6) is 0 Å². The van der Waals surface area contributed by atoms with E-state index in [0.717, 1.165) is 41.5 Å². The van der Waals surface area contributed by atoms with Gasteiger partial charge in [-0.05, 0) is 41.6 Å². The highest BCUT2D eigenvalue weighted by Gasteiger charge is 2.30. The first-order valence-electron chi connectivity index (χ1n) is 7.06. The summed E-state index contributed by atoms with van der Waals surface area (Å²) in [6, 6.07) is 0.129. The molecule has 2 aromatic heterocycles. The van der Waals surface area contributed by atoms with Crippen molar-refractivity contribution in [3.63, 3.8) is 0 Å². The minimum atomic E-state index is -0.276. The van der Waals surface area contributed by atoms with E-state index in [9.17, 15) is 4.79 Å². The first kappa shape index (κ1) is 12.9. The average Bonchev–Trinajstić information content (AvgIpc) is 3.38. The second kappa shape index (κ2) is 4.87. The molecule has 0 spiro atoms. The van der Waals surface area contributed by atoms with E-state index >= 15 is 0 Å². The van der Waals surface area contributed by atoms with Crippen molar-refractivity contribution in [3.05, 3.63) is 22.6 Å². The van der Waals surface area contributed by atoms with Gasteiger partial charge in [-0.1, -0.05) is 0 Å². The quantitative estimate of drug-likeness (QED) is 0.790. The third-order valence-corrected chi connectivity index (χ3v) is 4.36. The largest absolute Gasteiger partial charge is 0.324 e. The molecule has 2 saturated carbocycles. The van der Waals surface area contributed by atoms with E-state index in [2.05, 4.69) is 41.9 Å². The summed E-state index contributed by atoms with van der Waals surface area (Å²) in [5.41, 5.74) is 1.77. The van der Waals surface area contributed by atoms with Gasteiger partial charge in [-0.15, -0.1) is 0 Å². The SMILES string of the molecule is O=C(Nc1cn[nH]c1C1CC1)Nc1c(Br)cnn1C1CC1. The number of aromatic nitrogens is 4. The lowest BCUT2D eigenvalue weighted by atomic mass is 10.2. The molecular formula is C13H15BrN6O. The molecule has 3 N–H and O–H groups in total. The number of rotatable bonds is 4. The van der Waals surface area contributed by atoms with E-state index in [4.69, 9.17) is 0 Å². The monoisotopic (exact) mass is 350 g/mol. The van der Waals surface area contributed by atoms with Gasteiger partial charge in [0, 0.05) is 5.92 Å². The van der Waals surface area contributed by atoms with Crippen LogP contribution in [0, 0.1) is 0 Å². The Labute approximate surface area is 129 Å². The van der Waals surface area contributed by atoms with Gasteiger partial charge in [0.15, 0.2) is 0 Å². The van der Waals surface area contributed by atoms with Gasteiger partial charge in [0.05, 0.1) is 34.3 Å². The summed E-state index contributed by atoms with van der Waals surface area (Å²) in [6.45, 7) is 0. The number of carbonyl (C=O) groups is 1. The number of carbonyl (C=O) groups excluding carboxylic acids is 1. The topological polar surface area (TPSA) is 87.6 Å². The molecule has 2 aromatic rings. The minimum absolute atomic E-state index is 0.276. The fourth-order valence-electron chi connectivity index (χ4n) is 2.39. The van der Waals surface area contributed by atoms with Crippen molar-refractivity contribution in [2.45, 2.75) is 37.6 Å². The first-order valence-corrected chi connectivity index (χ1v) is 7.86. The van der Waals surface area contributed by atoms with Crippen LogP contribution in [0.3, 0.4) is 0 Å². The molecule has 2 aliphatic carbocycles. The van der Waals surface area contributed by atoms with Crippen LogP contribution in [0.1, 0.15) is 43.3 Å². The first-order chi connectivity index (χ1) is 10.2. The maximum atomic E-state index is 12.2. The smallest absolute Gasteiger partial charge is 0.305 e. The summed E-state index contributed by atoms with van der Waals surface area (Å²) in [5.74, 6) is 1.21. The van der Waals surface area contributed by atoms with Gasteiger partial charge in [0.2, 0.25) is 0 Å². The second-order valence-corrected chi connectivity index (χ2v) is 6.42. The lowest BCUT2D eigenvalue weighted by Crippen LogP contribution is -2.22. The van der Waals surface area contributed by atoms with Crippen molar-refractivity contribution in [3.8, 4) is 0 Å². The number of anilines is 2. The Kier molecular flexibility index (Phi) is 2.99. The van der Waals surface area contributed by atoms with Crippen LogP contribution < -0.4 is 10.6 Å². The molecule has 21 heavy (non-hydrogen) atoms. The Hall–Kier alpha value is -1.83. The van der Waals surface area contributed by atoms with E-state index in [-0.39, 0.29) is 6.03 Å². The fraction of sp³-hybridized carbons (Fsp3) is 0.462. The number of H-pyrrole nitrogens is 1. The number of urea groups is 1. The molecule has 2 aliphatic rings. The van der Waals surface area contributed by atoms with Gasteiger partial charge < -0.3 is 5.32 Å². The highest BCUT2D eigenvalue weighted by molar-refractivity contribution is 9.10. The van der Waals surface area contributed by atoms with Crippen LogP contribution in [0.15, 0.2) is 16.9 Å². The molecule has 4 rings (SSSR count). The molecule has 8 heteroatoms. The molecule has 2 amide bonds. The van der Waals surface area contributed by atoms with Crippen LogP contribution in [-0.2, 0) is 0 Å². The van der Waals surface area contributed by atoms with E-state index in [1.165, 1.54) is 0 Å². The van der Waals surface area contributed by atoms with E-state index in [1.54, 1.807) is 12.4 Å². The zero-order valence-corrected chi connectivity index (χ0v) is 12.9. The summed E-state index contributed by atoms with van der Waals surface area (Å²) in [6.07, 6.45) is 7.88. The summed E-state index contributed by atoms with van der Waals surface area (Å²) in [5, 5.41) is 17.0. The molecule has 7 nitrogen and oxygen atoms in total. The van der Waals surface area contributed by atoms with Crippen LogP contribution in [0.25, 0.3) is 0 Å². The normalized spacial score (nSPS) is 17.8. The van der Waals surface area contributed by atoms with Crippen molar-refractivity contribution >= 4 is 33.5 Å². The highest BCUT2D eigenvalue weighted by Crippen LogP contribution is 2.42. The molecule has 0 unspecified atom stereocenters. The Balaban J connectivity index is 1.48. The Morgan fingerprint density at radius 1 is 1.29 bits per heavy atom.